The molecule has 2 aromatic rings. The van der Waals surface area contributed by atoms with Crippen molar-refractivity contribution in [1.82, 2.24) is 0 Å². The summed E-state index contributed by atoms with van der Waals surface area (Å²) < 4.78 is 0. The van der Waals surface area contributed by atoms with Crippen LogP contribution in [0.2, 0.25) is 0 Å². The van der Waals surface area contributed by atoms with E-state index in [1.54, 1.807) is 36.0 Å². The molecule has 0 aliphatic heterocycles. The monoisotopic (exact) mass is 310 g/mol. The second-order valence-electron chi connectivity index (χ2n) is 5.06. The van der Waals surface area contributed by atoms with Crippen LogP contribution in [0.25, 0.3) is 0 Å². The minimum Gasteiger partial charge on any atom is -0.325 e. The number of nitrogens with zero attached hydrogens (tertiary/aromatic N) is 1. The van der Waals surface area contributed by atoms with Crippen LogP contribution in [-0.4, -0.2) is 11.2 Å². The molecule has 1 atom stereocenters. The summed E-state index contributed by atoms with van der Waals surface area (Å²) in [5, 5.41) is 11.6. The van der Waals surface area contributed by atoms with Gasteiger partial charge in [-0.3, -0.25) is 4.79 Å². The van der Waals surface area contributed by atoms with Crippen molar-refractivity contribution in [1.29, 1.82) is 5.26 Å². The van der Waals surface area contributed by atoms with Gasteiger partial charge in [0.15, 0.2) is 0 Å². The average molecular weight is 310 g/mol. The second kappa shape index (κ2) is 7.67. The molecule has 1 N–H and O–H groups in total. The molecule has 2 aromatic carbocycles. The van der Waals surface area contributed by atoms with Crippen molar-refractivity contribution in [3.05, 3.63) is 65.2 Å². The van der Waals surface area contributed by atoms with Gasteiger partial charge < -0.3 is 5.32 Å². The zero-order valence-electron chi connectivity index (χ0n) is 12.7. The maximum atomic E-state index is 12.2. The molecule has 112 valence electrons. The third-order valence-electron chi connectivity index (χ3n) is 3.38. The fourth-order valence-electron chi connectivity index (χ4n) is 1.97. The summed E-state index contributed by atoms with van der Waals surface area (Å²) in [6.07, 6.45) is 0. The van der Waals surface area contributed by atoms with Crippen LogP contribution in [0.1, 0.15) is 23.6 Å². The highest BCUT2D eigenvalue weighted by molar-refractivity contribution is 7.99. The lowest BCUT2D eigenvalue weighted by Gasteiger charge is -2.13. The Labute approximate surface area is 135 Å². The molecule has 0 bridgehead atoms. The first-order chi connectivity index (χ1) is 10.6. The van der Waals surface area contributed by atoms with Crippen molar-refractivity contribution in [2.45, 2.75) is 24.9 Å². The Balaban J connectivity index is 1.92. The maximum absolute atomic E-state index is 12.2. The molecule has 0 spiro atoms. The predicted molar refractivity (Wildman–Crippen MR) is 91.7 cm³/mol. The number of hydrogen-bond acceptors (Lipinski definition) is 3. The van der Waals surface area contributed by atoms with Crippen LogP contribution in [-0.2, 0) is 10.5 Å². The van der Waals surface area contributed by atoms with Crippen LogP contribution in [0.5, 0.6) is 0 Å². The molecule has 2 rings (SSSR count). The summed E-state index contributed by atoms with van der Waals surface area (Å²) in [7, 11) is 0. The Morgan fingerprint density at radius 2 is 2.05 bits per heavy atom. The number of amides is 1. The molecule has 0 saturated heterocycles. The van der Waals surface area contributed by atoms with Crippen molar-refractivity contribution < 1.29 is 4.79 Å². The summed E-state index contributed by atoms with van der Waals surface area (Å²) in [5.41, 5.74) is 3.69. The lowest BCUT2D eigenvalue weighted by Crippen LogP contribution is -2.22. The Bertz CT molecular complexity index is 706. The third-order valence-corrected chi connectivity index (χ3v) is 4.57. The molecule has 0 aliphatic rings. The molecular formula is C18H18N2OS. The number of nitriles is 1. The highest BCUT2D eigenvalue weighted by atomic mass is 32.2. The van der Waals surface area contributed by atoms with E-state index in [4.69, 9.17) is 5.26 Å². The average Bonchev–Trinajstić information content (AvgIpc) is 2.54. The van der Waals surface area contributed by atoms with Crippen molar-refractivity contribution in [2.75, 3.05) is 5.32 Å². The first-order valence-electron chi connectivity index (χ1n) is 7.07. The molecule has 1 amide bonds. The van der Waals surface area contributed by atoms with Gasteiger partial charge in [0, 0.05) is 11.4 Å². The second-order valence-corrected chi connectivity index (χ2v) is 6.39. The van der Waals surface area contributed by atoms with Crippen LogP contribution in [0.15, 0.2) is 48.5 Å². The van der Waals surface area contributed by atoms with Crippen LogP contribution in [0.4, 0.5) is 5.69 Å². The normalized spacial score (nSPS) is 11.5. The van der Waals surface area contributed by atoms with Gasteiger partial charge in [-0.15, -0.1) is 11.8 Å². The van der Waals surface area contributed by atoms with E-state index in [1.165, 1.54) is 11.1 Å². The van der Waals surface area contributed by atoms with Crippen LogP contribution < -0.4 is 5.32 Å². The molecule has 4 heteroatoms. The number of aryl methyl sites for hydroxylation is 1. The van der Waals surface area contributed by atoms with E-state index < -0.39 is 0 Å². The van der Waals surface area contributed by atoms with Crippen molar-refractivity contribution in [2.24, 2.45) is 0 Å². The van der Waals surface area contributed by atoms with Gasteiger partial charge in [0.05, 0.1) is 16.9 Å². The number of rotatable bonds is 5. The van der Waals surface area contributed by atoms with Gasteiger partial charge in [0.1, 0.15) is 0 Å². The van der Waals surface area contributed by atoms with Crippen molar-refractivity contribution >= 4 is 23.4 Å². The van der Waals surface area contributed by atoms with E-state index in [0.29, 0.717) is 11.3 Å². The van der Waals surface area contributed by atoms with E-state index in [2.05, 4.69) is 30.4 Å². The first-order valence-corrected chi connectivity index (χ1v) is 8.12. The van der Waals surface area contributed by atoms with Crippen LogP contribution in [0.3, 0.4) is 0 Å². The molecule has 0 radical (unpaired) electrons. The maximum Gasteiger partial charge on any atom is 0.237 e. The topological polar surface area (TPSA) is 52.9 Å². The molecule has 0 aromatic heterocycles. The third kappa shape index (κ3) is 4.37. The lowest BCUT2D eigenvalue weighted by molar-refractivity contribution is -0.115. The fraction of sp³-hybridized carbons (Fsp3) is 0.222. The molecule has 0 saturated carbocycles. The standard InChI is InChI=1S/C18H18N2OS/c1-13-6-3-4-8-16(13)12-22-14(2)18(21)20-17-9-5-7-15(10-17)11-19/h3-10,14H,12H2,1-2H3,(H,20,21)/t14-/m1/s1. The van der Waals surface area contributed by atoms with Crippen LogP contribution in [0, 0.1) is 18.3 Å². The quantitative estimate of drug-likeness (QED) is 0.903. The van der Waals surface area contributed by atoms with E-state index in [-0.39, 0.29) is 11.2 Å². The minimum absolute atomic E-state index is 0.0475. The summed E-state index contributed by atoms with van der Waals surface area (Å²) in [4.78, 5) is 12.2. The minimum atomic E-state index is -0.162. The van der Waals surface area contributed by atoms with E-state index >= 15 is 0 Å². The molecule has 0 fully saturated rings. The smallest absolute Gasteiger partial charge is 0.237 e. The predicted octanol–water partition coefficient (Wildman–Crippen LogP) is 4.13. The molecular weight excluding hydrogens is 292 g/mol. The van der Waals surface area contributed by atoms with Gasteiger partial charge in [0.2, 0.25) is 5.91 Å². The SMILES string of the molecule is Cc1ccccc1CS[C@H](C)C(=O)Nc1cccc(C#N)c1. The van der Waals surface area contributed by atoms with Crippen LogP contribution >= 0.6 is 11.8 Å². The fourth-order valence-corrected chi connectivity index (χ4v) is 2.94. The Kier molecular flexibility index (Phi) is 5.62. The van der Waals surface area contributed by atoms with Gasteiger partial charge in [-0.25, -0.2) is 0 Å². The van der Waals surface area contributed by atoms with Gasteiger partial charge in [-0.2, -0.15) is 5.26 Å². The number of carbonyl (C=O) groups is 1. The van der Waals surface area contributed by atoms with Crippen molar-refractivity contribution in [3.63, 3.8) is 0 Å². The highest BCUT2D eigenvalue weighted by Gasteiger charge is 2.14. The molecule has 3 nitrogen and oxygen atoms in total. The Morgan fingerprint density at radius 1 is 1.27 bits per heavy atom. The summed E-state index contributed by atoms with van der Waals surface area (Å²) in [6, 6.07) is 17.2. The lowest BCUT2D eigenvalue weighted by atomic mass is 10.1. The van der Waals surface area contributed by atoms with Gasteiger partial charge in [0.25, 0.3) is 0 Å². The van der Waals surface area contributed by atoms with E-state index in [9.17, 15) is 4.79 Å². The number of benzene rings is 2. The molecule has 0 unspecified atom stereocenters. The summed E-state index contributed by atoms with van der Waals surface area (Å²) in [6.45, 7) is 3.97. The van der Waals surface area contributed by atoms with E-state index in [1.807, 2.05) is 19.1 Å². The van der Waals surface area contributed by atoms with Gasteiger partial charge >= 0.3 is 0 Å². The van der Waals surface area contributed by atoms with Gasteiger partial charge in [-0.1, -0.05) is 30.3 Å². The van der Waals surface area contributed by atoms with Gasteiger partial charge in [-0.05, 0) is 43.2 Å². The number of hydrogen-bond donors (Lipinski definition) is 1. The first kappa shape index (κ1) is 16.1. The van der Waals surface area contributed by atoms with E-state index in [0.717, 1.165) is 5.75 Å². The van der Waals surface area contributed by atoms with Crippen molar-refractivity contribution in [3.8, 4) is 6.07 Å². The number of carbonyl (C=O) groups excluding carboxylic acids is 1. The Morgan fingerprint density at radius 3 is 2.77 bits per heavy atom. The zero-order chi connectivity index (χ0) is 15.9. The Hall–Kier alpha value is -2.25. The summed E-state index contributed by atoms with van der Waals surface area (Å²) >= 11 is 1.60. The zero-order valence-corrected chi connectivity index (χ0v) is 13.5. The summed E-state index contributed by atoms with van der Waals surface area (Å²) in [5.74, 6) is 0.758. The number of thioether (sulfide) groups is 1. The molecule has 22 heavy (non-hydrogen) atoms. The highest BCUT2D eigenvalue weighted by Crippen LogP contribution is 2.21. The number of anilines is 1. The molecule has 0 heterocycles. The number of nitrogens with one attached hydrogen (secondary N) is 1. The largest absolute Gasteiger partial charge is 0.325 e. The molecule has 0 aliphatic carbocycles.